The number of aromatic nitrogens is 1. The normalized spacial score (nSPS) is 15.5. The van der Waals surface area contributed by atoms with Crippen molar-refractivity contribution in [1.29, 1.82) is 0 Å². The van der Waals surface area contributed by atoms with Crippen LogP contribution in [-0.4, -0.2) is 49.7 Å². The Morgan fingerprint density at radius 1 is 1.07 bits per heavy atom. The molecule has 6 nitrogen and oxygen atoms in total. The van der Waals surface area contributed by atoms with Crippen LogP contribution in [0.2, 0.25) is 0 Å². The molecule has 0 N–H and O–H groups in total. The lowest BCUT2D eigenvalue weighted by Crippen LogP contribution is -2.48. The highest BCUT2D eigenvalue weighted by Crippen LogP contribution is 2.36. The molecule has 3 heterocycles. The van der Waals surface area contributed by atoms with Crippen molar-refractivity contribution in [2.75, 3.05) is 31.1 Å². The highest BCUT2D eigenvalue weighted by atomic mass is 32.2. The van der Waals surface area contributed by atoms with Crippen molar-refractivity contribution in [2.45, 2.75) is 25.7 Å². The zero-order valence-electron chi connectivity index (χ0n) is 17.1. The van der Waals surface area contributed by atoms with Gasteiger partial charge >= 0.3 is 0 Å². The van der Waals surface area contributed by atoms with E-state index in [-0.39, 0.29) is 5.78 Å². The first kappa shape index (κ1) is 21.2. The van der Waals surface area contributed by atoms with E-state index >= 15 is 0 Å². The second-order valence-corrected chi connectivity index (χ2v) is 11.3. The van der Waals surface area contributed by atoms with Crippen LogP contribution in [0.4, 0.5) is 5.69 Å². The molecule has 0 spiro atoms. The van der Waals surface area contributed by atoms with Crippen molar-refractivity contribution < 1.29 is 13.2 Å². The molecule has 1 aromatic carbocycles. The number of Topliss-reactive ketones (excluding diaryl/α,β-unsaturated/α-hetero) is 1. The van der Waals surface area contributed by atoms with E-state index in [0.29, 0.717) is 36.6 Å². The van der Waals surface area contributed by atoms with Gasteiger partial charge in [0, 0.05) is 53.4 Å². The van der Waals surface area contributed by atoms with Gasteiger partial charge in [0.1, 0.15) is 5.01 Å². The SMILES string of the molecule is CC(=O)c1ccc(N2CCN(S(=O)(=O)c3cc(-c4nc(C)cs4)sc3C)CC2)cc1. The first-order chi connectivity index (χ1) is 14.3. The van der Waals surface area contributed by atoms with Gasteiger partial charge in [-0.05, 0) is 51.1 Å². The van der Waals surface area contributed by atoms with Crippen molar-refractivity contribution in [1.82, 2.24) is 9.29 Å². The minimum Gasteiger partial charge on any atom is -0.369 e. The average Bonchev–Trinajstić information content (AvgIpc) is 3.34. The molecule has 0 amide bonds. The zero-order valence-corrected chi connectivity index (χ0v) is 19.5. The van der Waals surface area contributed by atoms with E-state index in [0.717, 1.165) is 26.1 Å². The number of nitrogens with zero attached hydrogens (tertiary/aromatic N) is 3. The summed E-state index contributed by atoms with van der Waals surface area (Å²) < 4.78 is 28.1. The first-order valence-electron chi connectivity index (χ1n) is 9.65. The number of benzene rings is 1. The third-order valence-electron chi connectivity index (χ3n) is 5.20. The second-order valence-electron chi connectivity index (χ2n) is 7.32. The molecule has 9 heteroatoms. The summed E-state index contributed by atoms with van der Waals surface area (Å²) in [6.07, 6.45) is 0. The Labute approximate surface area is 184 Å². The lowest BCUT2D eigenvalue weighted by molar-refractivity contribution is 0.101. The van der Waals surface area contributed by atoms with Crippen molar-refractivity contribution in [3.8, 4) is 9.88 Å². The van der Waals surface area contributed by atoms with E-state index in [1.807, 2.05) is 43.5 Å². The Kier molecular flexibility index (Phi) is 5.80. The Morgan fingerprint density at radius 2 is 1.73 bits per heavy atom. The van der Waals surface area contributed by atoms with Gasteiger partial charge in [-0.25, -0.2) is 13.4 Å². The Hall–Kier alpha value is -2.07. The van der Waals surface area contributed by atoms with E-state index in [4.69, 9.17) is 0 Å². The van der Waals surface area contributed by atoms with Gasteiger partial charge in [0.15, 0.2) is 5.78 Å². The number of hydrogen-bond donors (Lipinski definition) is 0. The number of piperazine rings is 1. The van der Waals surface area contributed by atoms with Gasteiger partial charge in [-0.15, -0.1) is 22.7 Å². The summed E-state index contributed by atoms with van der Waals surface area (Å²) in [6, 6.07) is 9.24. The van der Waals surface area contributed by atoms with E-state index in [1.54, 1.807) is 17.3 Å². The number of carbonyl (C=O) groups is 1. The van der Waals surface area contributed by atoms with Crippen LogP contribution < -0.4 is 4.90 Å². The summed E-state index contributed by atoms with van der Waals surface area (Å²) in [5.74, 6) is 0.0378. The number of carbonyl (C=O) groups excluding carboxylic acids is 1. The largest absolute Gasteiger partial charge is 0.369 e. The Balaban J connectivity index is 1.49. The van der Waals surface area contributed by atoms with Crippen LogP contribution in [-0.2, 0) is 10.0 Å². The van der Waals surface area contributed by atoms with Gasteiger partial charge in [-0.1, -0.05) is 0 Å². The van der Waals surface area contributed by atoms with Gasteiger partial charge in [-0.3, -0.25) is 4.79 Å². The predicted octanol–water partition coefficient (Wildman–Crippen LogP) is 4.20. The van der Waals surface area contributed by atoms with E-state index in [2.05, 4.69) is 9.88 Å². The number of rotatable bonds is 5. The Morgan fingerprint density at radius 3 is 2.30 bits per heavy atom. The molecule has 1 fully saturated rings. The van der Waals surface area contributed by atoms with E-state index in [9.17, 15) is 13.2 Å². The van der Waals surface area contributed by atoms with Gasteiger partial charge in [-0.2, -0.15) is 4.31 Å². The van der Waals surface area contributed by atoms with Gasteiger partial charge in [0.25, 0.3) is 0 Å². The molecular formula is C21H23N3O3S3. The molecule has 0 atom stereocenters. The molecule has 30 heavy (non-hydrogen) atoms. The summed E-state index contributed by atoms with van der Waals surface area (Å²) in [5, 5.41) is 2.83. The molecular weight excluding hydrogens is 438 g/mol. The number of thiazole rings is 1. The fourth-order valence-electron chi connectivity index (χ4n) is 3.53. The first-order valence-corrected chi connectivity index (χ1v) is 12.8. The summed E-state index contributed by atoms with van der Waals surface area (Å²) in [4.78, 5) is 20.2. The molecule has 0 aliphatic carbocycles. The topological polar surface area (TPSA) is 70.6 Å². The van der Waals surface area contributed by atoms with Crippen LogP contribution in [0.5, 0.6) is 0 Å². The number of hydrogen-bond acceptors (Lipinski definition) is 7. The lowest BCUT2D eigenvalue weighted by atomic mass is 10.1. The molecule has 1 saturated heterocycles. The number of thiophene rings is 1. The minimum absolute atomic E-state index is 0.0378. The van der Waals surface area contributed by atoms with E-state index < -0.39 is 10.0 Å². The molecule has 4 rings (SSSR count). The Bertz CT molecular complexity index is 1170. The van der Waals surface area contributed by atoms with Crippen LogP contribution in [0, 0.1) is 13.8 Å². The summed E-state index contributed by atoms with van der Waals surface area (Å²) in [7, 11) is -3.55. The summed E-state index contributed by atoms with van der Waals surface area (Å²) in [5.41, 5.74) is 2.63. The van der Waals surface area contributed by atoms with Crippen molar-refractivity contribution >= 4 is 44.2 Å². The molecule has 0 bridgehead atoms. The van der Waals surface area contributed by atoms with Crippen molar-refractivity contribution in [2.24, 2.45) is 0 Å². The molecule has 158 valence electrons. The van der Waals surface area contributed by atoms with Crippen LogP contribution in [0.25, 0.3) is 9.88 Å². The van der Waals surface area contributed by atoms with Gasteiger partial charge in [0.05, 0.1) is 9.77 Å². The fraction of sp³-hybridized carbons (Fsp3) is 0.333. The minimum atomic E-state index is -3.55. The number of sulfonamides is 1. The molecule has 1 aliphatic rings. The second kappa shape index (κ2) is 8.22. The molecule has 2 aromatic heterocycles. The number of aryl methyl sites for hydroxylation is 2. The molecule has 3 aromatic rings. The maximum atomic E-state index is 13.3. The molecule has 0 saturated carbocycles. The van der Waals surface area contributed by atoms with Gasteiger partial charge in [0.2, 0.25) is 10.0 Å². The molecule has 1 aliphatic heterocycles. The average molecular weight is 462 g/mol. The predicted molar refractivity (Wildman–Crippen MR) is 122 cm³/mol. The standard InChI is InChI=1S/C21H23N3O3S3/c1-14-13-28-21(22-14)19-12-20(16(3)29-19)30(26,27)24-10-8-23(9-11-24)18-6-4-17(5-7-18)15(2)25/h4-7,12-13H,8-11H2,1-3H3. The van der Waals surface area contributed by atoms with Crippen molar-refractivity contribution in [3.63, 3.8) is 0 Å². The summed E-state index contributed by atoms with van der Waals surface area (Å²) in [6.45, 7) is 7.42. The maximum absolute atomic E-state index is 13.3. The number of anilines is 1. The molecule has 0 radical (unpaired) electrons. The highest BCUT2D eigenvalue weighted by molar-refractivity contribution is 7.89. The van der Waals surface area contributed by atoms with Crippen molar-refractivity contribution in [3.05, 3.63) is 51.8 Å². The van der Waals surface area contributed by atoms with Crippen LogP contribution in [0.3, 0.4) is 0 Å². The van der Waals surface area contributed by atoms with Crippen LogP contribution in [0.1, 0.15) is 27.9 Å². The summed E-state index contributed by atoms with van der Waals surface area (Å²) >= 11 is 3.01. The lowest BCUT2D eigenvalue weighted by Gasteiger charge is -2.35. The smallest absolute Gasteiger partial charge is 0.244 e. The zero-order chi connectivity index (χ0) is 21.5. The van der Waals surface area contributed by atoms with Gasteiger partial charge < -0.3 is 4.90 Å². The quantitative estimate of drug-likeness (QED) is 0.533. The fourth-order valence-corrected chi connectivity index (χ4v) is 7.37. The van der Waals surface area contributed by atoms with E-state index in [1.165, 1.54) is 22.7 Å². The van der Waals surface area contributed by atoms with Crippen LogP contribution in [0.15, 0.2) is 40.6 Å². The third-order valence-corrected chi connectivity index (χ3v) is 9.53. The monoisotopic (exact) mass is 461 g/mol. The van der Waals surface area contributed by atoms with Crippen LogP contribution >= 0.6 is 22.7 Å². The maximum Gasteiger partial charge on any atom is 0.244 e. The highest BCUT2D eigenvalue weighted by Gasteiger charge is 2.31. The number of ketones is 1. The molecule has 0 unspecified atom stereocenters. The third kappa shape index (κ3) is 4.07.